The first-order valence-electron chi connectivity index (χ1n) is 6.29. The van der Waals surface area contributed by atoms with Crippen molar-refractivity contribution in [3.8, 4) is 0 Å². The normalized spacial score (nSPS) is 15.4. The van der Waals surface area contributed by atoms with E-state index in [0.29, 0.717) is 0 Å². The van der Waals surface area contributed by atoms with Gasteiger partial charge in [-0.3, -0.25) is 4.79 Å². The molecule has 1 aromatic rings. The third kappa shape index (κ3) is 3.03. The summed E-state index contributed by atoms with van der Waals surface area (Å²) in [4.78, 5) is 15.1. The van der Waals surface area contributed by atoms with Gasteiger partial charge in [-0.25, -0.2) is 0 Å². The summed E-state index contributed by atoms with van der Waals surface area (Å²) < 4.78 is 0. The van der Waals surface area contributed by atoms with E-state index in [1.807, 2.05) is 36.1 Å². The van der Waals surface area contributed by atoms with Crippen molar-refractivity contribution in [3.05, 3.63) is 29.8 Å². The van der Waals surface area contributed by atoms with Crippen LogP contribution in [-0.4, -0.2) is 23.9 Å². The van der Waals surface area contributed by atoms with E-state index in [0.717, 1.165) is 29.5 Å². The Labute approximate surface area is 108 Å². The van der Waals surface area contributed by atoms with E-state index in [-0.39, 0.29) is 5.91 Å². The second-order valence-electron chi connectivity index (χ2n) is 4.69. The Morgan fingerprint density at radius 2 is 2.00 bits per heavy atom. The van der Waals surface area contributed by atoms with Gasteiger partial charge in [0.25, 0.3) is 5.91 Å². The molecule has 1 amide bonds. The third-order valence-corrected chi connectivity index (χ3v) is 3.78. The van der Waals surface area contributed by atoms with Gasteiger partial charge in [-0.1, -0.05) is 6.42 Å². The maximum atomic E-state index is 12.3. The van der Waals surface area contributed by atoms with Crippen molar-refractivity contribution in [1.29, 1.82) is 0 Å². The van der Waals surface area contributed by atoms with Crippen LogP contribution in [0.2, 0.25) is 0 Å². The summed E-state index contributed by atoms with van der Waals surface area (Å²) in [6.45, 7) is 3.75. The van der Waals surface area contributed by atoms with Crippen LogP contribution in [0.3, 0.4) is 0 Å². The molecule has 17 heavy (non-hydrogen) atoms. The lowest BCUT2D eigenvalue weighted by molar-refractivity contribution is 0.0706. The largest absolute Gasteiger partial charge is 0.339 e. The van der Waals surface area contributed by atoms with Crippen LogP contribution in [0, 0.1) is 5.92 Å². The Hall–Kier alpha value is -0.960. The minimum absolute atomic E-state index is 0.146. The Kier molecular flexibility index (Phi) is 4.11. The van der Waals surface area contributed by atoms with E-state index in [1.54, 1.807) is 0 Å². The molecule has 0 unspecified atom stereocenters. The van der Waals surface area contributed by atoms with Crippen molar-refractivity contribution in [2.24, 2.45) is 5.92 Å². The molecule has 0 aliphatic heterocycles. The van der Waals surface area contributed by atoms with Crippen LogP contribution in [0.4, 0.5) is 0 Å². The number of carbonyl (C=O) groups excluding carboxylic acids is 1. The van der Waals surface area contributed by atoms with Gasteiger partial charge in [-0.15, -0.1) is 12.6 Å². The number of hydrogen-bond acceptors (Lipinski definition) is 2. The lowest BCUT2D eigenvalue weighted by Crippen LogP contribution is -2.37. The number of hydrogen-bond donors (Lipinski definition) is 1. The molecule has 92 valence electrons. The molecular weight excluding hydrogens is 230 g/mol. The zero-order valence-electron chi connectivity index (χ0n) is 10.2. The number of rotatable bonds is 4. The quantitative estimate of drug-likeness (QED) is 0.812. The summed E-state index contributed by atoms with van der Waals surface area (Å²) in [5.41, 5.74) is 0.768. The van der Waals surface area contributed by atoms with Gasteiger partial charge in [0.2, 0.25) is 0 Å². The van der Waals surface area contributed by atoms with Gasteiger partial charge in [-0.2, -0.15) is 0 Å². The predicted octanol–water partition coefficient (Wildman–Crippen LogP) is 3.24. The van der Waals surface area contributed by atoms with Crippen LogP contribution in [0.15, 0.2) is 29.2 Å². The summed E-state index contributed by atoms with van der Waals surface area (Å²) in [7, 11) is 0. The van der Waals surface area contributed by atoms with E-state index >= 15 is 0 Å². The van der Waals surface area contributed by atoms with Crippen LogP contribution in [0.1, 0.15) is 36.5 Å². The predicted molar refractivity (Wildman–Crippen MR) is 72.6 cm³/mol. The lowest BCUT2D eigenvalue weighted by Gasteiger charge is -2.31. The summed E-state index contributed by atoms with van der Waals surface area (Å²) in [6.07, 6.45) is 3.88. The fraction of sp³-hybridized carbons (Fsp3) is 0.500. The summed E-state index contributed by atoms with van der Waals surface area (Å²) in [5.74, 6) is 0.871. The van der Waals surface area contributed by atoms with E-state index in [1.165, 1.54) is 19.3 Å². The second-order valence-corrected chi connectivity index (χ2v) is 5.20. The molecule has 0 saturated heterocycles. The molecule has 0 N–H and O–H groups in total. The van der Waals surface area contributed by atoms with Crippen molar-refractivity contribution in [2.75, 3.05) is 13.1 Å². The summed E-state index contributed by atoms with van der Waals surface area (Å²) in [5, 5.41) is 0. The van der Waals surface area contributed by atoms with Gasteiger partial charge >= 0.3 is 0 Å². The van der Waals surface area contributed by atoms with Gasteiger partial charge in [0.1, 0.15) is 0 Å². The molecule has 1 aliphatic rings. The van der Waals surface area contributed by atoms with Crippen molar-refractivity contribution in [1.82, 2.24) is 4.90 Å². The van der Waals surface area contributed by atoms with Crippen LogP contribution in [-0.2, 0) is 0 Å². The highest BCUT2D eigenvalue weighted by molar-refractivity contribution is 7.80. The smallest absolute Gasteiger partial charge is 0.253 e. The average Bonchev–Trinajstić information content (AvgIpc) is 2.28. The zero-order chi connectivity index (χ0) is 12.3. The summed E-state index contributed by atoms with van der Waals surface area (Å²) >= 11 is 4.23. The van der Waals surface area contributed by atoms with Crippen molar-refractivity contribution in [2.45, 2.75) is 31.1 Å². The Bertz CT molecular complexity index is 384. The highest BCUT2D eigenvalue weighted by atomic mass is 32.1. The Balaban J connectivity index is 2.02. The fourth-order valence-electron chi connectivity index (χ4n) is 2.13. The van der Waals surface area contributed by atoms with Crippen LogP contribution < -0.4 is 0 Å². The van der Waals surface area contributed by atoms with Crippen molar-refractivity contribution in [3.63, 3.8) is 0 Å². The molecule has 1 saturated carbocycles. The molecule has 0 spiro atoms. The van der Waals surface area contributed by atoms with Gasteiger partial charge in [0.05, 0.1) is 0 Å². The van der Waals surface area contributed by atoms with E-state index in [2.05, 4.69) is 12.6 Å². The molecule has 0 bridgehead atoms. The van der Waals surface area contributed by atoms with E-state index in [4.69, 9.17) is 0 Å². The molecule has 2 rings (SSSR count). The molecular formula is C14H19NOS. The highest BCUT2D eigenvalue weighted by Gasteiger charge is 2.23. The number of benzene rings is 1. The molecule has 0 aromatic heterocycles. The second kappa shape index (κ2) is 5.58. The maximum Gasteiger partial charge on any atom is 0.253 e. The molecule has 3 heteroatoms. The van der Waals surface area contributed by atoms with Crippen LogP contribution in [0.25, 0.3) is 0 Å². The average molecular weight is 249 g/mol. The molecule has 1 aromatic carbocycles. The monoisotopic (exact) mass is 249 g/mol. The number of thiol groups is 1. The van der Waals surface area contributed by atoms with E-state index < -0.39 is 0 Å². The summed E-state index contributed by atoms with van der Waals surface area (Å²) in [6, 6.07) is 7.45. The first kappa shape index (κ1) is 12.5. The minimum Gasteiger partial charge on any atom is -0.339 e. The molecule has 0 heterocycles. The van der Waals surface area contributed by atoms with Crippen LogP contribution >= 0.6 is 12.6 Å². The molecule has 0 radical (unpaired) electrons. The lowest BCUT2D eigenvalue weighted by atomic mass is 9.85. The maximum absolute atomic E-state index is 12.3. The SMILES string of the molecule is CCN(CC1CCC1)C(=O)c1ccc(S)cc1. The molecule has 1 fully saturated rings. The molecule has 1 aliphatic carbocycles. The Morgan fingerprint density at radius 1 is 1.35 bits per heavy atom. The zero-order valence-corrected chi connectivity index (χ0v) is 11.1. The number of carbonyl (C=O) groups is 1. The van der Waals surface area contributed by atoms with Gasteiger partial charge in [0, 0.05) is 23.5 Å². The number of amides is 1. The van der Waals surface area contributed by atoms with Crippen molar-refractivity contribution >= 4 is 18.5 Å². The first-order chi connectivity index (χ1) is 8.20. The number of nitrogens with zero attached hydrogens (tertiary/aromatic N) is 1. The molecule has 0 atom stereocenters. The van der Waals surface area contributed by atoms with Crippen LogP contribution in [0.5, 0.6) is 0 Å². The minimum atomic E-state index is 0.146. The van der Waals surface area contributed by atoms with Crippen molar-refractivity contribution < 1.29 is 4.79 Å². The molecule has 2 nitrogen and oxygen atoms in total. The van der Waals surface area contributed by atoms with Gasteiger partial charge < -0.3 is 4.90 Å². The topological polar surface area (TPSA) is 20.3 Å². The fourth-order valence-corrected chi connectivity index (χ4v) is 2.28. The van der Waals surface area contributed by atoms with Gasteiger partial charge in [-0.05, 0) is 49.9 Å². The standard InChI is InChI=1S/C14H19NOS/c1-2-15(10-11-4-3-5-11)14(16)12-6-8-13(17)9-7-12/h6-9,11,17H,2-5,10H2,1H3. The van der Waals surface area contributed by atoms with Gasteiger partial charge in [0.15, 0.2) is 0 Å². The first-order valence-corrected chi connectivity index (χ1v) is 6.73. The van der Waals surface area contributed by atoms with E-state index in [9.17, 15) is 4.79 Å². The third-order valence-electron chi connectivity index (χ3n) is 3.49. The highest BCUT2D eigenvalue weighted by Crippen LogP contribution is 2.27. The Morgan fingerprint density at radius 3 is 2.47 bits per heavy atom.